The molecule has 4 heteroatoms. The van der Waals surface area contributed by atoms with Crippen molar-refractivity contribution in [3.8, 4) is 0 Å². The number of aromatic nitrogens is 1. The van der Waals surface area contributed by atoms with Crippen LogP contribution in [0.25, 0.3) is 0 Å². The zero-order valence-corrected chi connectivity index (χ0v) is 13.7. The fraction of sp³-hybridized carbons (Fsp3) is 0.267. The minimum absolute atomic E-state index is 0.680. The lowest BCUT2D eigenvalue weighted by molar-refractivity contribution is 0.118. The summed E-state index contributed by atoms with van der Waals surface area (Å²) in [6.07, 6.45) is 5.61. The van der Waals surface area contributed by atoms with Gasteiger partial charge >= 0.3 is 0 Å². The number of ether oxygens (including phenoxy) is 1. The number of hydrogen-bond acceptors (Lipinski definition) is 2. The van der Waals surface area contributed by atoms with E-state index in [9.17, 15) is 0 Å². The summed E-state index contributed by atoms with van der Waals surface area (Å²) in [7, 11) is 0. The van der Waals surface area contributed by atoms with Gasteiger partial charge in [-0.3, -0.25) is 4.98 Å². The van der Waals surface area contributed by atoms with Crippen molar-refractivity contribution in [2.45, 2.75) is 19.4 Å². The van der Waals surface area contributed by atoms with E-state index in [2.05, 4.69) is 49.0 Å². The largest absolute Gasteiger partial charge is 0.377 e. The van der Waals surface area contributed by atoms with Gasteiger partial charge in [0.1, 0.15) is 0 Å². The van der Waals surface area contributed by atoms with E-state index in [0.717, 1.165) is 28.4 Å². The van der Waals surface area contributed by atoms with Gasteiger partial charge in [-0.2, -0.15) is 0 Å². The lowest BCUT2D eigenvalue weighted by Crippen LogP contribution is -1.98. The number of benzene rings is 1. The molecule has 0 spiro atoms. The molecule has 1 heterocycles. The summed E-state index contributed by atoms with van der Waals surface area (Å²) in [5.41, 5.74) is 2.46. The lowest BCUT2D eigenvalue weighted by Gasteiger charge is -2.07. The first-order valence-corrected chi connectivity index (χ1v) is 7.75. The standard InChI is InChI=1S/C15H15Br2NO/c16-14-9-18-10-15(17)13(14)7-4-8-19-11-12-5-2-1-3-6-12/h1-3,5-6,9-10H,4,7-8,11H2. The van der Waals surface area contributed by atoms with Crippen molar-refractivity contribution in [2.75, 3.05) is 6.61 Å². The zero-order chi connectivity index (χ0) is 13.5. The third-order valence-electron chi connectivity index (χ3n) is 2.78. The quantitative estimate of drug-likeness (QED) is 0.670. The summed E-state index contributed by atoms with van der Waals surface area (Å²) >= 11 is 7.04. The molecule has 2 aromatic rings. The molecule has 0 atom stereocenters. The third-order valence-corrected chi connectivity index (χ3v) is 4.15. The second kappa shape index (κ2) is 7.78. The molecule has 0 N–H and O–H groups in total. The van der Waals surface area contributed by atoms with Crippen molar-refractivity contribution < 1.29 is 4.74 Å². The normalized spacial score (nSPS) is 10.6. The Labute approximate surface area is 130 Å². The van der Waals surface area contributed by atoms with Crippen LogP contribution in [-0.2, 0) is 17.8 Å². The molecule has 100 valence electrons. The molecule has 0 unspecified atom stereocenters. The van der Waals surface area contributed by atoms with Gasteiger partial charge in [0.15, 0.2) is 0 Å². The Balaban J connectivity index is 1.73. The van der Waals surface area contributed by atoms with Crippen LogP contribution < -0.4 is 0 Å². The predicted molar refractivity (Wildman–Crippen MR) is 84.1 cm³/mol. The van der Waals surface area contributed by atoms with E-state index in [1.165, 1.54) is 11.1 Å². The van der Waals surface area contributed by atoms with E-state index < -0.39 is 0 Å². The summed E-state index contributed by atoms with van der Waals surface area (Å²) < 4.78 is 7.77. The van der Waals surface area contributed by atoms with Crippen LogP contribution >= 0.6 is 31.9 Å². The van der Waals surface area contributed by atoms with Crippen molar-refractivity contribution in [1.82, 2.24) is 4.98 Å². The van der Waals surface area contributed by atoms with Crippen LogP contribution in [0, 0.1) is 0 Å². The summed E-state index contributed by atoms with van der Waals surface area (Å²) in [5, 5.41) is 0. The van der Waals surface area contributed by atoms with E-state index in [4.69, 9.17) is 4.74 Å². The minimum Gasteiger partial charge on any atom is -0.377 e. The maximum atomic E-state index is 5.67. The van der Waals surface area contributed by atoms with Crippen LogP contribution in [0.15, 0.2) is 51.7 Å². The highest BCUT2D eigenvalue weighted by atomic mass is 79.9. The molecular formula is C15H15Br2NO. The van der Waals surface area contributed by atoms with Gasteiger partial charge in [-0.15, -0.1) is 0 Å². The SMILES string of the molecule is Brc1cncc(Br)c1CCCOCc1ccccc1. The molecule has 0 aliphatic rings. The summed E-state index contributed by atoms with van der Waals surface area (Å²) in [5.74, 6) is 0. The van der Waals surface area contributed by atoms with E-state index in [1.54, 1.807) is 0 Å². The van der Waals surface area contributed by atoms with Crippen molar-refractivity contribution >= 4 is 31.9 Å². The molecule has 0 saturated carbocycles. The Kier molecular flexibility index (Phi) is 6.01. The van der Waals surface area contributed by atoms with E-state index in [1.807, 2.05) is 30.6 Å². The number of hydrogen-bond donors (Lipinski definition) is 0. The molecule has 0 amide bonds. The molecule has 0 aliphatic carbocycles. The lowest BCUT2D eigenvalue weighted by atomic mass is 10.1. The smallest absolute Gasteiger partial charge is 0.0716 e. The van der Waals surface area contributed by atoms with Crippen LogP contribution in [0.1, 0.15) is 17.5 Å². The molecule has 1 aromatic carbocycles. The molecule has 0 saturated heterocycles. The van der Waals surface area contributed by atoms with Crippen LogP contribution in [-0.4, -0.2) is 11.6 Å². The molecule has 0 bridgehead atoms. The Bertz CT molecular complexity index is 497. The van der Waals surface area contributed by atoms with Gasteiger partial charge in [-0.05, 0) is 55.8 Å². The third kappa shape index (κ3) is 4.71. The summed E-state index contributed by atoms with van der Waals surface area (Å²) in [6, 6.07) is 10.2. The Morgan fingerprint density at radius 3 is 2.37 bits per heavy atom. The van der Waals surface area contributed by atoms with E-state index in [0.29, 0.717) is 6.61 Å². The van der Waals surface area contributed by atoms with Gasteiger partial charge in [-0.25, -0.2) is 0 Å². The summed E-state index contributed by atoms with van der Waals surface area (Å²) in [4.78, 5) is 4.10. The second-order valence-corrected chi connectivity index (χ2v) is 5.93. The number of nitrogens with zero attached hydrogens (tertiary/aromatic N) is 1. The van der Waals surface area contributed by atoms with Gasteiger partial charge in [0.2, 0.25) is 0 Å². The maximum absolute atomic E-state index is 5.67. The molecule has 0 aliphatic heterocycles. The first-order chi connectivity index (χ1) is 9.27. The van der Waals surface area contributed by atoms with Crippen molar-refractivity contribution in [3.63, 3.8) is 0 Å². The maximum Gasteiger partial charge on any atom is 0.0716 e. The topological polar surface area (TPSA) is 22.1 Å². The number of halogens is 2. The molecule has 2 nitrogen and oxygen atoms in total. The molecule has 0 radical (unpaired) electrons. The summed E-state index contributed by atoms with van der Waals surface area (Å²) in [6.45, 7) is 1.44. The van der Waals surface area contributed by atoms with E-state index in [-0.39, 0.29) is 0 Å². The van der Waals surface area contributed by atoms with E-state index >= 15 is 0 Å². The fourth-order valence-corrected chi connectivity index (χ4v) is 3.12. The van der Waals surface area contributed by atoms with Crippen LogP contribution in [0.5, 0.6) is 0 Å². The predicted octanol–water partition coefficient (Wildman–Crippen LogP) is 4.76. The van der Waals surface area contributed by atoms with Gasteiger partial charge in [0.25, 0.3) is 0 Å². The van der Waals surface area contributed by atoms with Crippen LogP contribution in [0.4, 0.5) is 0 Å². The Hall–Kier alpha value is -0.710. The monoisotopic (exact) mass is 383 g/mol. The van der Waals surface area contributed by atoms with Gasteiger partial charge in [0, 0.05) is 27.9 Å². The minimum atomic E-state index is 0.680. The first kappa shape index (κ1) is 14.7. The zero-order valence-electron chi connectivity index (χ0n) is 10.5. The number of pyridine rings is 1. The molecule has 0 fully saturated rings. The van der Waals surface area contributed by atoms with Gasteiger partial charge in [-0.1, -0.05) is 30.3 Å². The Morgan fingerprint density at radius 1 is 1.00 bits per heavy atom. The molecule has 2 rings (SSSR count). The fourth-order valence-electron chi connectivity index (χ4n) is 1.79. The second-order valence-electron chi connectivity index (χ2n) is 4.22. The van der Waals surface area contributed by atoms with Crippen molar-refractivity contribution in [1.29, 1.82) is 0 Å². The highest BCUT2D eigenvalue weighted by Gasteiger charge is 2.04. The highest BCUT2D eigenvalue weighted by Crippen LogP contribution is 2.25. The van der Waals surface area contributed by atoms with Crippen molar-refractivity contribution in [2.24, 2.45) is 0 Å². The van der Waals surface area contributed by atoms with Crippen LogP contribution in [0.3, 0.4) is 0 Å². The molecular weight excluding hydrogens is 370 g/mol. The van der Waals surface area contributed by atoms with Gasteiger partial charge in [0.05, 0.1) is 6.61 Å². The average Bonchev–Trinajstić information content (AvgIpc) is 2.42. The molecule has 1 aromatic heterocycles. The molecule has 19 heavy (non-hydrogen) atoms. The average molecular weight is 385 g/mol. The highest BCUT2D eigenvalue weighted by molar-refractivity contribution is 9.11. The Morgan fingerprint density at radius 2 is 1.68 bits per heavy atom. The number of rotatable bonds is 6. The van der Waals surface area contributed by atoms with Gasteiger partial charge < -0.3 is 4.74 Å². The van der Waals surface area contributed by atoms with Crippen LogP contribution in [0.2, 0.25) is 0 Å². The first-order valence-electron chi connectivity index (χ1n) is 6.17. The van der Waals surface area contributed by atoms with Crippen molar-refractivity contribution in [3.05, 3.63) is 62.8 Å².